The summed E-state index contributed by atoms with van der Waals surface area (Å²) in [7, 11) is 0. The van der Waals surface area contributed by atoms with Crippen LogP contribution in [0.5, 0.6) is 0 Å². The van der Waals surface area contributed by atoms with Crippen molar-refractivity contribution in [2.75, 3.05) is 13.2 Å². The van der Waals surface area contributed by atoms with Crippen LogP contribution in [0.4, 0.5) is 0 Å². The van der Waals surface area contributed by atoms with Gasteiger partial charge in [-0.05, 0) is 23.6 Å². The number of benzene rings is 1. The van der Waals surface area contributed by atoms with E-state index in [0.29, 0.717) is 11.5 Å². The van der Waals surface area contributed by atoms with E-state index >= 15 is 0 Å². The molecule has 4 heteroatoms. The topological polar surface area (TPSA) is 69.6 Å². The Balaban J connectivity index is 2.66. The summed E-state index contributed by atoms with van der Waals surface area (Å²) in [6, 6.07) is 7.38. The standard InChI is InChI=1S/C13H19NO3/c1-9(2)10-4-3-5-11(6-10)13(17)14-7-12(16)8-15/h3-6,9,12,15-16H,7-8H2,1-2H3,(H,14,17)/t12-/m1/s1. The first-order valence-electron chi connectivity index (χ1n) is 5.71. The SMILES string of the molecule is CC(C)c1cccc(C(=O)NC[C@@H](O)CO)c1. The molecule has 1 aromatic carbocycles. The van der Waals surface area contributed by atoms with E-state index in [1.54, 1.807) is 6.07 Å². The van der Waals surface area contributed by atoms with Crippen LogP contribution in [0, 0.1) is 0 Å². The lowest BCUT2D eigenvalue weighted by Gasteiger charge is -2.10. The molecule has 0 unspecified atom stereocenters. The summed E-state index contributed by atoms with van der Waals surface area (Å²) in [5.74, 6) is 0.130. The minimum Gasteiger partial charge on any atom is -0.394 e. The maximum atomic E-state index is 11.7. The molecule has 1 aromatic rings. The first-order chi connectivity index (χ1) is 8.04. The van der Waals surface area contributed by atoms with E-state index in [1.165, 1.54) is 0 Å². The van der Waals surface area contributed by atoms with Gasteiger partial charge in [-0.25, -0.2) is 0 Å². The van der Waals surface area contributed by atoms with Gasteiger partial charge in [0.15, 0.2) is 0 Å². The maximum absolute atomic E-state index is 11.7. The van der Waals surface area contributed by atoms with Crippen LogP contribution in [-0.4, -0.2) is 35.4 Å². The first-order valence-corrected chi connectivity index (χ1v) is 5.71. The van der Waals surface area contributed by atoms with Gasteiger partial charge in [0.05, 0.1) is 12.7 Å². The third-order valence-corrected chi connectivity index (χ3v) is 2.52. The van der Waals surface area contributed by atoms with Crippen molar-refractivity contribution >= 4 is 5.91 Å². The fourth-order valence-electron chi connectivity index (χ4n) is 1.42. The Labute approximate surface area is 101 Å². The summed E-state index contributed by atoms with van der Waals surface area (Å²) in [4.78, 5) is 11.7. The zero-order chi connectivity index (χ0) is 12.8. The molecule has 0 aliphatic heterocycles. The van der Waals surface area contributed by atoms with Crippen molar-refractivity contribution < 1.29 is 15.0 Å². The van der Waals surface area contributed by atoms with Gasteiger partial charge in [-0.15, -0.1) is 0 Å². The Hall–Kier alpha value is -1.39. The number of aliphatic hydroxyl groups is 2. The van der Waals surface area contributed by atoms with E-state index in [1.807, 2.05) is 18.2 Å². The van der Waals surface area contributed by atoms with Crippen molar-refractivity contribution in [1.29, 1.82) is 0 Å². The third-order valence-electron chi connectivity index (χ3n) is 2.52. The number of aliphatic hydroxyl groups excluding tert-OH is 2. The van der Waals surface area contributed by atoms with Crippen LogP contribution in [-0.2, 0) is 0 Å². The van der Waals surface area contributed by atoms with Crippen LogP contribution in [0.1, 0.15) is 35.7 Å². The fourth-order valence-corrected chi connectivity index (χ4v) is 1.42. The van der Waals surface area contributed by atoms with Crippen molar-refractivity contribution in [1.82, 2.24) is 5.32 Å². The largest absolute Gasteiger partial charge is 0.394 e. The van der Waals surface area contributed by atoms with Crippen LogP contribution in [0.2, 0.25) is 0 Å². The highest BCUT2D eigenvalue weighted by Crippen LogP contribution is 2.15. The number of nitrogens with one attached hydrogen (secondary N) is 1. The molecule has 0 aromatic heterocycles. The number of carbonyl (C=O) groups excluding carboxylic acids is 1. The number of hydrogen-bond donors (Lipinski definition) is 3. The van der Waals surface area contributed by atoms with Crippen LogP contribution < -0.4 is 5.32 Å². The van der Waals surface area contributed by atoms with Crippen LogP contribution in [0.3, 0.4) is 0 Å². The number of hydrogen-bond acceptors (Lipinski definition) is 3. The van der Waals surface area contributed by atoms with Gasteiger partial charge in [-0.1, -0.05) is 26.0 Å². The van der Waals surface area contributed by atoms with Gasteiger partial charge in [-0.2, -0.15) is 0 Å². The van der Waals surface area contributed by atoms with E-state index in [0.717, 1.165) is 5.56 Å². The Bertz CT molecular complexity index is 377. The Morgan fingerprint density at radius 1 is 1.41 bits per heavy atom. The minimum absolute atomic E-state index is 0.0568. The molecule has 0 fully saturated rings. The second kappa shape index (κ2) is 6.37. The zero-order valence-electron chi connectivity index (χ0n) is 10.2. The molecule has 1 amide bonds. The quantitative estimate of drug-likeness (QED) is 0.712. The number of amides is 1. The lowest BCUT2D eigenvalue weighted by atomic mass is 10.0. The molecule has 17 heavy (non-hydrogen) atoms. The lowest BCUT2D eigenvalue weighted by Crippen LogP contribution is -2.33. The smallest absolute Gasteiger partial charge is 0.251 e. The van der Waals surface area contributed by atoms with Gasteiger partial charge in [0.25, 0.3) is 5.91 Å². The summed E-state index contributed by atoms with van der Waals surface area (Å²) in [5, 5.41) is 20.3. The highest BCUT2D eigenvalue weighted by molar-refractivity contribution is 5.94. The summed E-state index contributed by atoms with van der Waals surface area (Å²) in [6.45, 7) is 3.83. The van der Waals surface area contributed by atoms with E-state index in [-0.39, 0.29) is 19.1 Å². The maximum Gasteiger partial charge on any atom is 0.251 e. The Morgan fingerprint density at radius 3 is 2.71 bits per heavy atom. The monoisotopic (exact) mass is 237 g/mol. The molecule has 94 valence electrons. The van der Waals surface area contributed by atoms with Crippen molar-refractivity contribution in [2.24, 2.45) is 0 Å². The molecule has 0 aliphatic rings. The molecule has 0 heterocycles. The van der Waals surface area contributed by atoms with E-state index in [4.69, 9.17) is 10.2 Å². The highest BCUT2D eigenvalue weighted by atomic mass is 16.3. The number of carbonyl (C=O) groups is 1. The molecule has 0 bridgehead atoms. The van der Waals surface area contributed by atoms with Gasteiger partial charge in [0.1, 0.15) is 0 Å². The second-order valence-electron chi connectivity index (χ2n) is 4.33. The molecular weight excluding hydrogens is 218 g/mol. The molecule has 0 spiro atoms. The molecule has 4 nitrogen and oxygen atoms in total. The Kier molecular flexibility index (Phi) is 5.12. The van der Waals surface area contributed by atoms with Gasteiger partial charge in [-0.3, -0.25) is 4.79 Å². The molecule has 0 saturated heterocycles. The number of rotatable bonds is 5. The van der Waals surface area contributed by atoms with Crippen molar-refractivity contribution in [3.05, 3.63) is 35.4 Å². The summed E-state index contributed by atoms with van der Waals surface area (Å²) >= 11 is 0. The predicted molar refractivity (Wildman–Crippen MR) is 66.0 cm³/mol. The normalized spacial score (nSPS) is 12.5. The molecule has 1 rings (SSSR count). The predicted octanol–water partition coefficient (Wildman–Crippen LogP) is 0.893. The van der Waals surface area contributed by atoms with Crippen molar-refractivity contribution in [3.63, 3.8) is 0 Å². The third kappa shape index (κ3) is 4.17. The second-order valence-corrected chi connectivity index (χ2v) is 4.33. The highest BCUT2D eigenvalue weighted by Gasteiger charge is 2.09. The summed E-state index contributed by atoms with van der Waals surface area (Å²) in [5.41, 5.74) is 1.67. The van der Waals surface area contributed by atoms with Crippen LogP contribution in [0.25, 0.3) is 0 Å². The van der Waals surface area contributed by atoms with Crippen LogP contribution >= 0.6 is 0 Å². The minimum atomic E-state index is -0.910. The molecule has 0 aliphatic carbocycles. The molecule has 1 atom stereocenters. The first kappa shape index (κ1) is 13.7. The van der Waals surface area contributed by atoms with Crippen molar-refractivity contribution in [2.45, 2.75) is 25.9 Å². The zero-order valence-corrected chi connectivity index (χ0v) is 10.2. The average Bonchev–Trinajstić information content (AvgIpc) is 2.35. The van der Waals surface area contributed by atoms with E-state index in [9.17, 15) is 4.79 Å². The summed E-state index contributed by atoms with van der Waals surface area (Å²) in [6.07, 6.45) is -0.910. The molecule has 3 N–H and O–H groups in total. The van der Waals surface area contributed by atoms with Gasteiger partial charge >= 0.3 is 0 Å². The molecular formula is C13H19NO3. The fraction of sp³-hybridized carbons (Fsp3) is 0.462. The van der Waals surface area contributed by atoms with E-state index in [2.05, 4.69) is 19.2 Å². The molecule has 0 radical (unpaired) electrons. The Morgan fingerprint density at radius 2 is 2.12 bits per heavy atom. The average molecular weight is 237 g/mol. The van der Waals surface area contributed by atoms with Crippen LogP contribution in [0.15, 0.2) is 24.3 Å². The van der Waals surface area contributed by atoms with Gasteiger partial charge in [0, 0.05) is 12.1 Å². The van der Waals surface area contributed by atoms with Gasteiger partial charge < -0.3 is 15.5 Å². The molecule has 0 saturated carbocycles. The van der Waals surface area contributed by atoms with Gasteiger partial charge in [0.2, 0.25) is 0 Å². The summed E-state index contributed by atoms with van der Waals surface area (Å²) < 4.78 is 0. The lowest BCUT2D eigenvalue weighted by molar-refractivity contribution is 0.0802. The van der Waals surface area contributed by atoms with Crippen molar-refractivity contribution in [3.8, 4) is 0 Å². The van der Waals surface area contributed by atoms with E-state index < -0.39 is 6.10 Å².